The van der Waals surface area contributed by atoms with Crippen LogP contribution in [0.4, 0.5) is 0 Å². The average molecular weight is 359 g/mol. The highest BCUT2D eigenvalue weighted by molar-refractivity contribution is 14.0. The summed E-state index contributed by atoms with van der Waals surface area (Å²) >= 11 is 0. The average Bonchev–Trinajstić information content (AvgIpc) is 3.16. The van der Waals surface area contributed by atoms with Crippen LogP contribution in [-0.2, 0) is 5.41 Å². The molecule has 18 heavy (non-hydrogen) atoms. The lowest BCUT2D eigenvalue weighted by Crippen LogP contribution is -2.33. The van der Waals surface area contributed by atoms with Gasteiger partial charge in [-0.1, -0.05) is 37.3 Å². The maximum Gasteiger partial charge on any atom is 0.188 e. The second kappa shape index (κ2) is 6.97. The summed E-state index contributed by atoms with van der Waals surface area (Å²) in [6.45, 7) is 3.82. The molecule has 0 saturated heterocycles. The van der Waals surface area contributed by atoms with Gasteiger partial charge in [0.15, 0.2) is 5.96 Å². The molecule has 0 spiro atoms. The first-order chi connectivity index (χ1) is 8.27. The number of aliphatic imine (C=N–C) groups is 1. The van der Waals surface area contributed by atoms with E-state index in [1.54, 1.807) is 0 Å². The van der Waals surface area contributed by atoms with E-state index in [4.69, 9.17) is 5.73 Å². The minimum absolute atomic E-state index is 0. The lowest BCUT2D eigenvalue weighted by Gasteiger charge is -2.13. The number of nitrogens with one attached hydrogen (secondary N) is 1. The molecule has 100 valence electrons. The highest BCUT2D eigenvalue weighted by Crippen LogP contribution is 2.48. The van der Waals surface area contributed by atoms with E-state index < -0.39 is 0 Å². The molecule has 0 bridgehead atoms. The number of guanidine groups is 1. The van der Waals surface area contributed by atoms with E-state index in [0.717, 1.165) is 19.5 Å². The maximum atomic E-state index is 5.81. The first-order valence-corrected chi connectivity index (χ1v) is 6.36. The number of rotatable bonds is 5. The van der Waals surface area contributed by atoms with Gasteiger partial charge in [0.25, 0.3) is 0 Å². The van der Waals surface area contributed by atoms with Gasteiger partial charge in [-0.3, -0.25) is 4.99 Å². The molecule has 1 fully saturated rings. The maximum absolute atomic E-state index is 5.81. The highest BCUT2D eigenvalue weighted by Gasteiger charge is 2.43. The van der Waals surface area contributed by atoms with E-state index in [9.17, 15) is 0 Å². The van der Waals surface area contributed by atoms with Crippen LogP contribution >= 0.6 is 24.0 Å². The van der Waals surface area contributed by atoms with Crippen LogP contribution in [0.3, 0.4) is 0 Å². The summed E-state index contributed by atoms with van der Waals surface area (Å²) in [7, 11) is 0. The molecule has 1 saturated carbocycles. The van der Waals surface area contributed by atoms with Crippen molar-refractivity contribution in [2.75, 3.05) is 13.1 Å². The van der Waals surface area contributed by atoms with E-state index in [-0.39, 0.29) is 29.4 Å². The van der Waals surface area contributed by atoms with Gasteiger partial charge in [0.2, 0.25) is 0 Å². The van der Waals surface area contributed by atoms with Crippen LogP contribution < -0.4 is 11.1 Å². The number of nitrogens with zero attached hydrogens (tertiary/aromatic N) is 1. The first-order valence-electron chi connectivity index (χ1n) is 6.36. The van der Waals surface area contributed by atoms with Gasteiger partial charge in [0, 0.05) is 12.0 Å². The van der Waals surface area contributed by atoms with Crippen molar-refractivity contribution < 1.29 is 0 Å². The Morgan fingerprint density at radius 3 is 2.56 bits per heavy atom. The highest BCUT2D eigenvalue weighted by atomic mass is 127. The van der Waals surface area contributed by atoms with E-state index >= 15 is 0 Å². The second-order valence-electron chi connectivity index (χ2n) is 4.77. The zero-order valence-corrected chi connectivity index (χ0v) is 13.2. The number of halogens is 1. The molecule has 2 rings (SSSR count). The standard InChI is InChI=1S/C14H21N3.HI/c1-2-10-16-13(15)17-11-14(8-9-14)12-6-4-3-5-7-12;/h3-7H,2,8-11H2,1H3,(H3,15,16,17);1H. The van der Waals surface area contributed by atoms with E-state index in [2.05, 4.69) is 47.6 Å². The fourth-order valence-electron chi connectivity index (χ4n) is 2.03. The first kappa shape index (κ1) is 15.3. The summed E-state index contributed by atoms with van der Waals surface area (Å²) < 4.78 is 0. The van der Waals surface area contributed by atoms with Gasteiger partial charge in [0.1, 0.15) is 0 Å². The van der Waals surface area contributed by atoms with Gasteiger partial charge < -0.3 is 11.1 Å². The third-order valence-corrected chi connectivity index (χ3v) is 3.35. The SMILES string of the molecule is CCCNC(N)=NCC1(c2ccccc2)CC1.I. The van der Waals surface area contributed by atoms with E-state index in [0.29, 0.717) is 5.96 Å². The van der Waals surface area contributed by atoms with Crippen LogP contribution in [0, 0.1) is 0 Å². The molecule has 1 aliphatic rings. The minimum atomic E-state index is 0. The van der Waals surface area contributed by atoms with Crippen molar-refractivity contribution in [3.63, 3.8) is 0 Å². The van der Waals surface area contributed by atoms with E-state index in [1.165, 1.54) is 18.4 Å². The summed E-state index contributed by atoms with van der Waals surface area (Å²) in [4.78, 5) is 4.46. The van der Waals surface area contributed by atoms with Gasteiger partial charge >= 0.3 is 0 Å². The van der Waals surface area contributed by atoms with Crippen LogP contribution in [0.1, 0.15) is 31.7 Å². The van der Waals surface area contributed by atoms with Crippen LogP contribution in [0.15, 0.2) is 35.3 Å². The molecule has 0 unspecified atom stereocenters. The normalized spacial score (nSPS) is 16.8. The molecule has 1 aromatic carbocycles. The third kappa shape index (κ3) is 3.86. The molecule has 0 aromatic heterocycles. The van der Waals surface area contributed by atoms with Crippen molar-refractivity contribution in [2.45, 2.75) is 31.6 Å². The fraction of sp³-hybridized carbons (Fsp3) is 0.500. The van der Waals surface area contributed by atoms with Crippen molar-refractivity contribution in [3.8, 4) is 0 Å². The van der Waals surface area contributed by atoms with Gasteiger partial charge in [-0.25, -0.2) is 0 Å². The van der Waals surface area contributed by atoms with Crippen molar-refractivity contribution in [1.82, 2.24) is 5.32 Å². The third-order valence-electron chi connectivity index (χ3n) is 3.35. The summed E-state index contributed by atoms with van der Waals surface area (Å²) in [5, 5.41) is 3.11. The number of hydrogen-bond donors (Lipinski definition) is 2. The predicted octanol–water partition coefficient (Wildman–Crippen LogP) is 2.65. The van der Waals surface area contributed by atoms with Crippen LogP contribution in [0.2, 0.25) is 0 Å². The minimum Gasteiger partial charge on any atom is -0.370 e. The molecule has 0 atom stereocenters. The Morgan fingerprint density at radius 2 is 2.00 bits per heavy atom. The van der Waals surface area contributed by atoms with Crippen molar-refractivity contribution >= 4 is 29.9 Å². The Kier molecular flexibility index (Phi) is 5.91. The number of benzene rings is 1. The molecule has 1 aromatic rings. The summed E-state index contributed by atoms with van der Waals surface area (Å²) in [6.07, 6.45) is 3.52. The van der Waals surface area contributed by atoms with E-state index in [1.807, 2.05) is 0 Å². The smallest absolute Gasteiger partial charge is 0.188 e. The molecule has 4 heteroatoms. The number of hydrogen-bond acceptors (Lipinski definition) is 1. The van der Waals surface area contributed by atoms with Crippen molar-refractivity contribution in [3.05, 3.63) is 35.9 Å². The fourth-order valence-corrected chi connectivity index (χ4v) is 2.03. The summed E-state index contributed by atoms with van der Waals surface area (Å²) in [5.74, 6) is 0.578. The molecule has 1 aliphatic carbocycles. The van der Waals surface area contributed by atoms with Crippen molar-refractivity contribution in [2.24, 2.45) is 10.7 Å². The largest absolute Gasteiger partial charge is 0.370 e. The Balaban J connectivity index is 0.00000162. The predicted molar refractivity (Wildman–Crippen MR) is 87.6 cm³/mol. The molecule has 3 nitrogen and oxygen atoms in total. The molecule has 0 aliphatic heterocycles. The van der Waals surface area contributed by atoms with Crippen molar-refractivity contribution in [1.29, 1.82) is 0 Å². The molecule has 0 heterocycles. The quantitative estimate of drug-likeness (QED) is 0.483. The van der Waals surface area contributed by atoms with Gasteiger partial charge in [-0.15, -0.1) is 24.0 Å². The second-order valence-corrected chi connectivity index (χ2v) is 4.77. The Morgan fingerprint density at radius 1 is 1.33 bits per heavy atom. The summed E-state index contributed by atoms with van der Waals surface area (Å²) in [5.41, 5.74) is 7.47. The Bertz CT molecular complexity index is 385. The van der Waals surface area contributed by atoms with Crippen LogP contribution in [-0.4, -0.2) is 19.0 Å². The zero-order valence-electron chi connectivity index (χ0n) is 10.9. The molecule has 0 radical (unpaired) electrons. The molecular weight excluding hydrogens is 337 g/mol. The zero-order chi connectivity index (χ0) is 12.1. The lowest BCUT2D eigenvalue weighted by atomic mass is 9.96. The molecular formula is C14H22IN3. The lowest BCUT2D eigenvalue weighted by molar-refractivity contribution is 0.699. The van der Waals surface area contributed by atoms with Gasteiger partial charge in [-0.05, 0) is 24.8 Å². The number of nitrogens with two attached hydrogens (primary N) is 1. The topological polar surface area (TPSA) is 50.4 Å². The summed E-state index contributed by atoms with van der Waals surface area (Å²) in [6, 6.07) is 10.6. The molecule has 0 amide bonds. The Hall–Kier alpha value is -0.780. The molecule has 3 N–H and O–H groups in total. The van der Waals surface area contributed by atoms with Gasteiger partial charge in [-0.2, -0.15) is 0 Å². The Labute approximate surface area is 126 Å². The van der Waals surface area contributed by atoms with Crippen LogP contribution in [0.25, 0.3) is 0 Å². The van der Waals surface area contributed by atoms with Gasteiger partial charge in [0.05, 0.1) is 6.54 Å². The van der Waals surface area contributed by atoms with Crippen LogP contribution in [0.5, 0.6) is 0 Å². The monoisotopic (exact) mass is 359 g/mol.